The predicted molar refractivity (Wildman–Crippen MR) is 74.2 cm³/mol. The van der Waals surface area contributed by atoms with Gasteiger partial charge in [0.15, 0.2) is 0 Å². The number of anilines is 1. The first-order valence-corrected chi connectivity index (χ1v) is 6.13. The van der Waals surface area contributed by atoms with Crippen molar-refractivity contribution >= 4 is 17.3 Å². The van der Waals surface area contributed by atoms with Crippen molar-refractivity contribution in [2.45, 2.75) is 26.8 Å². The normalized spacial score (nSPS) is 11.8. The van der Waals surface area contributed by atoms with Crippen LogP contribution in [0, 0.1) is 17.0 Å². The number of rotatable bonds is 5. The molecule has 6 nitrogen and oxygen atoms in total. The summed E-state index contributed by atoms with van der Waals surface area (Å²) >= 11 is 0. The second-order valence-electron chi connectivity index (χ2n) is 4.48. The molecule has 0 saturated heterocycles. The lowest BCUT2D eigenvalue weighted by molar-refractivity contribution is -0.385. The summed E-state index contributed by atoms with van der Waals surface area (Å²) in [5.41, 5.74) is 1.22. The van der Waals surface area contributed by atoms with Gasteiger partial charge in [0.2, 0.25) is 5.91 Å². The highest BCUT2D eigenvalue weighted by Crippen LogP contribution is 2.22. The largest absolute Gasteiger partial charge is 0.374 e. The molecule has 0 saturated carbocycles. The molecule has 1 N–H and O–H groups in total. The molecule has 6 heteroatoms. The molecule has 1 unspecified atom stereocenters. The summed E-state index contributed by atoms with van der Waals surface area (Å²) in [6.45, 7) is 5.93. The fraction of sp³-hybridized carbons (Fsp3) is 0.462. The molecular weight excluding hydrogens is 246 g/mol. The van der Waals surface area contributed by atoms with Gasteiger partial charge in [-0.2, -0.15) is 0 Å². The van der Waals surface area contributed by atoms with Crippen LogP contribution < -0.4 is 5.32 Å². The molecule has 0 aliphatic rings. The Balaban J connectivity index is 2.86. The number of nitro groups is 1. The van der Waals surface area contributed by atoms with E-state index >= 15 is 0 Å². The van der Waals surface area contributed by atoms with Crippen molar-refractivity contribution in [3.63, 3.8) is 0 Å². The fourth-order valence-electron chi connectivity index (χ4n) is 1.69. The number of amides is 1. The molecule has 1 rings (SSSR count). The van der Waals surface area contributed by atoms with Gasteiger partial charge in [-0.05, 0) is 26.8 Å². The third-order valence-electron chi connectivity index (χ3n) is 3.01. The van der Waals surface area contributed by atoms with Crippen molar-refractivity contribution in [2.24, 2.45) is 0 Å². The summed E-state index contributed by atoms with van der Waals surface area (Å²) in [5.74, 6) is -0.0503. The number of nitrogens with zero attached hydrogens (tertiary/aromatic N) is 2. The van der Waals surface area contributed by atoms with E-state index in [-0.39, 0.29) is 11.6 Å². The Labute approximate surface area is 112 Å². The Hall–Kier alpha value is -2.11. The summed E-state index contributed by atoms with van der Waals surface area (Å²) in [7, 11) is 1.72. The molecule has 0 aliphatic carbocycles. The topological polar surface area (TPSA) is 75.5 Å². The first-order chi connectivity index (χ1) is 8.86. The van der Waals surface area contributed by atoms with Crippen LogP contribution in [-0.4, -0.2) is 35.4 Å². The number of hydrogen-bond acceptors (Lipinski definition) is 4. The molecule has 0 aliphatic heterocycles. The Morgan fingerprint density at radius 2 is 2.16 bits per heavy atom. The highest BCUT2D eigenvalue weighted by atomic mass is 16.6. The minimum atomic E-state index is -0.425. The van der Waals surface area contributed by atoms with Crippen LogP contribution in [-0.2, 0) is 4.79 Å². The zero-order valence-corrected chi connectivity index (χ0v) is 11.6. The van der Waals surface area contributed by atoms with Gasteiger partial charge in [0.25, 0.3) is 5.69 Å². The number of aryl methyl sites for hydroxylation is 1. The zero-order valence-electron chi connectivity index (χ0n) is 11.6. The van der Waals surface area contributed by atoms with E-state index in [0.717, 1.165) is 0 Å². The molecule has 1 atom stereocenters. The van der Waals surface area contributed by atoms with Gasteiger partial charge >= 0.3 is 0 Å². The van der Waals surface area contributed by atoms with Crippen LogP contribution in [0.4, 0.5) is 11.4 Å². The zero-order chi connectivity index (χ0) is 14.6. The number of carbonyl (C=O) groups is 1. The van der Waals surface area contributed by atoms with E-state index in [1.165, 1.54) is 6.07 Å². The van der Waals surface area contributed by atoms with Crippen LogP contribution in [0.5, 0.6) is 0 Å². The molecular formula is C13H19N3O3. The number of benzene rings is 1. The Kier molecular flexibility index (Phi) is 4.86. The monoisotopic (exact) mass is 265 g/mol. The fourth-order valence-corrected chi connectivity index (χ4v) is 1.69. The average Bonchev–Trinajstić information content (AvgIpc) is 2.38. The summed E-state index contributed by atoms with van der Waals surface area (Å²) < 4.78 is 0. The summed E-state index contributed by atoms with van der Waals surface area (Å²) in [6.07, 6.45) is 0. The van der Waals surface area contributed by atoms with Crippen molar-refractivity contribution in [3.05, 3.63) is 33.9 Å². The summed E-state index contributed by atoms with van der Waals surface area (Å²) in [5, 5.41) is 13.8. The van der Waals surface area contributed by atoms with Crippen molar-refractivity contribution in [1.29, 1.82) is 0 Å². The molecule has 104 valence electrons. The summed E-state index contributed by atoms with van der Waals surface area (Å²) in [6, 6.07) is 4.43. The van der Waals surface area contributed by atoms with Crippen molar-refractivity contribution in [3.8, 4) is 0 Å². The lowest BCUT2D eigenvalue weighted by Crippen LogP contribution is -2.38. The van der Waals surface area contributed by atoms with Gasteiger partial charge in [-0.3, -0.25) is 14.9 Å². The Morgan fingerprint density at radius 1 is 1.53 bits per heavy atom. The molecule has 0 radical (unpaired) electrons. The van der Waals surface area contributed by atoms with Crippen molar-refractivity contribution in [2.75, 3.05) is 18.9 Å². The maximum absolute atomic E-state index is 11.9. The van der Waals surface area contributed by atoms with Gasteiger partial charge in [0.1, 0.15) is 6.04 Å². The molecule has 1 aromatic carbocycles. The first kappa shape index (κ1) is 14.9. The third-order valence-corrected chi connectivity index (χ3v) is 3.01. The highest BCUT2D eigenvalue weighted by molar-refractivity contribution is 5.84. The second-order valence-corrected chi connectivity index (χ2v) is 4.48. The van der Waals surface area contributed by atoms with Crippen LogP contribution in [0.2, 0.25) is 0 Å². The van der Waals surface area contributed by atoms with Gasteiger partial charge in [0, 0.05) is 30.9 Å². The highest BCUT2D eigenvalue weighted by Gasteiger charge is 2.17. The van der Waals surface area contributed by atoms with Gasteiger partial charge in [-0.1, -0.05) is 6.07 Å². The van der Waals surface area contributed by atoms with E-state index in [1.54, 1.807) is 37.9 Å². The minimum absolute atomic E-state index is 0.0495. The first-order valence-electron chi connectivity index (χ1n) is 6.13. The number of hydrogen-bond donors (Lipinski definition) is 1. The minimum Gasteiger partial charge on any atom is -0.374 e. The SMILES string of the molecule is CCN(C)C(=O)C(C)Nc1ccc(C)c([N+](=O)[O-])c1. The Bertz CT molecular complexity index is 488. The van der Waals surface area contributed by atoms with Crippen LogP contribution in [0.25, 0.3) is 0 Å². The van der Waals surface area contributed by atoms with Crippen LogP contribution >= 0.6 is 0 Å². The van der Waals surface area contributed by atoms with E-state index in [9.17, 15) is 14.9 Å². The van der Waals surface area contributed by atoms with Gasteiger partial charge < -0.3 is 10.2 Å². The molecule has 1 aromatic rings. The lowest BCUT2D eigenvalue weighted by atomic mass is 10.1. The maximum Gasteiger partial charge on any atom is 0.274 e. The lowest BCUT2D eigenvalue weighted by Gasteiger charge is -2.21. The average molecular weight is 265 g/mol. The maximum atomic E-state index is 11.9. The summed E-state index contributed by atoms with van der Waals surface area (Å²) in [4.78, 5) is 23.9. The number of carbonyl (C=O) groups excluding carboxylic acids is 1. The van der Waals surface area contributed by atoms with Crippen LogP contribution in [0.15, 0.2) is 18.2 Å². The quantitative estimate of drug-likeness (QED) is 0.654. The van der Waals surface area contributed by atoms with Gasteiger partial charge in [-0.15, -0.1) is 0 Å². The second kappa shape index (κ2) is 6.17. The molecule has 0 bridgehead atoms. The predicted octanol–water partition coefficient (Wildman–Crippen LogP) is 2.18. The standard InChI is InChI=1S/C13H19N3O3/c1-5-15(4)13(17)10(3)14-11-7-6-9(2)12(8-11)16(18)19/h6-8,10,14H,5H2,1-4H3. The van der Waals surface area contributed by atoms with Crippen molar-refractivity contribution in [1.82, 2.24) is 4.90 Å². The molecule has 19 heavy (non-hydrogen) atoms. The van der Waals surface area contributed by atoms with Crippen LogP contribution in [0.1, 0.15) is 19.4 Å². The molecule has 0 spiro atoms. The van der Waals surface area contributed by atoms with E-state index in [1.807, 2.05) is 6.92 Å². The van der Waals surface area contributed by atoms with E-state index in [2.05, 4.69) is 5.32 Å². The molecule has 0 fully saturated rings. The number of nitro benzene ring substituents is 1. The van der Waals surface area contributed by atoms with E-state index in [4.69, 9.17) is 0 Å². The van der Waals surface area contributed by atoms with Crippen LogP contribution in [0.3, 0.4) is 0 Å². The molecule has 1 amide bonds. The van der Waals surface area contributed by atoms with Crippen molar-refractivity contribution < 1.29 is 9.72 Å². The van der Waals surface area contributed by atoms with Gasteiger partial charge in [-0.25, -0.2) is 0 Å². The van der Waals surface area contributed by atoms with Gasteiger partial charge in [0.05, 0.1) is 4.92 Å². The number of likely N-dealkylation sites (N-methyl/N-ethyl adjacent to an activating group) is 1. The smallest absolute Gasteiger partial charge is 0.274 e. The molecule has 0 aromatic heterocycles. The van der Waals surface area contributed by atoms with E-state index < -0.39 is 11.0 Å². The third kappa shape index (κ3) is 3.67. The Morgan fingerprint density at radius 3 is 2.68 bits per heavy atom. The molecule has 0 heterocycles. The number of nitrogens with one attached hydrogen (secondary N) is 1. The van der Waals surface area contributed by atoms with E-state index in [0.29, 0.717) is 17.8 Å².